The molecule has 3 N–H and O–H groups in total. The summed E-state index contributed by atoms with van der Waals surface area (Å²) in [5.41, 5.74) is 2.69. The normalized spacial score (nSPS) is 11.3. The van der Waals surface area contributed by atoms with Crippen LogP contribution < -0.4 is 20.7 Å². The summed E-state index contributed by atoms with van der Waals surface area (Å²) >= 11 is 1.30. The number of ether oxygens (including phenoxy) is 1. The Morgan fingerprint density at radius 2 is 1.86 bits per heavy atom. The van der Waals surface area contributed by atoms with Gasteiger partial charge in [-0.3, -0.25) is 14.6 Å². The molecule has 2 amide bonds. The molecule has 9 heteroatoms. The van der Waals surface area contributed by atoms with Gasteiger partial charge >= 0.3 is 0 Å². The van der Waals surface area contributed by atoms with Crippen LogP contribution in [0.15, 0.2) is 84.4 Å². The number of carbonyl (C=O) groups excluding carboxylic acids is 2. The highest BCUT2D eigenvalue weighted by atomic mass is 32.1. The maximum absolute atomic E-state index is 13.0. The number of methoxy groups -OCH3 is 1. The molecule has 0 saturated carbocycles. The first-order valence-electron chi connectivity index (χ1n) is 11.0. The van der Waals surface area contributed by atoms with E-state index < -0.39 is 11.9 Å². The fourth-order valence-corrected chi connectivity index (χ4v) is 4.07. The van der Waals surface area contributed by atoms with E-state index in [-0.39, 0.29) is 18.1 Å². The number of anilines is 2. The smallest absolute Gasteiger partial charge is 0.271 e. The van der Waals surface area contributed by atoms with Gasteiger partial charge in [-0.1, -0.05) is 42.5 Å². The van der Waals surface area contributed by atoms with Crippen molar-refractivity contribution in [3.05, 3.63) is 101 Å². The van der Waals surface area contributed by atoms with Crippen LogP contribution in [0.25, 0.3) is 0 Å². The first-order chi connectivity index (χ1) is 17.1. The highest BCUT2D eigenvalue weighted by molar-refractivity contribution is 7.14. The summed E-state index contributed by atoms with van der Waals surface area (Å²) in [7, 11) is 1.60. The van der Waals surface area contributed by atoms with Crippen molar-refractivity contribution in [3.8, 4) is 5.75 Å². The lowest BCUT2D eigenvalue weighted by molar-refractivity contribution is -0.123. The first kappa shape index (κ1) is 23.9. The van der Waals surface area contributed by atoms with E-state index in [1.165, 1.54) is 11.3 Å². The summed E-state index contributed by atoms with van der Waals surface area (Å²) in [6.45, 7) is 0.270. The molecule has 178 valence electrons. The quantitative estimate of drug-likeness (QED) is 0.313. The number of rotatable bonds is 10. The zero-order valence-electron chi connectivity index (χ0n) is 19.1. The van der Waals surface area contributed by atoms with Crippen LogP contribution in [-0.2, 0) is 17.8 Å². The molecule has 2 aromatic carbocycles. The highest BCUT2D eigenvalue weighted by Gasteiger charge is 2.23. The number of nitrogens with one attached hydrogen (secondary N) is 3. The molecule has 0 saturated heterocycles. The van der Waals surface area contributed by atoms with Crippen LogP contribution in [0, 0.1) is 0 Å². The third-order valence-electron chi connectivity index (χ3n) is 5.13. The van der Waals surface area contributed by atoms with Crippen molar-refractivity contribution in [2.75, 3.05) is 12.4 Å². The number of benzene rings is 2. The molecular weight excluding hydrogens is 462 g/mol. The van der Waals surface area contributed by atoms with E-state index in [0.717, 1.165) is 16.9 Å². The van der Waals surface area contributed by atoms with Gasteiger partial charge in [-0.05, 0) is 29.8 Å². The molecule has 8 nitrogen and oxygen atoms in total. The van der Waals surface area contributed by atoms with E-state index in [4.69, 9.17) is 4.74 Å². The van der Waals surface area contributed by atoms with Crippen molar-refractivity contribution < 1.29 is 14.3 Å². The maximum Gasteiger partial charge on any atom is 0.271 e. The van der Waals surface area contributed by atoms with Crippen LogP contribution in [0.1, 0.15) is 21.7 Å². The van der Waals surface area contributed by atoms with Crippen molar-refractivity contribution >= 4 is 34.0 Å². The minimum absolute atomic E-state index is 0.232. The molecular formula is C26H25N5O3S. The molecule has 4 aromatic rings. The number of pyridine rings is 1. The van der Waals surface area contributed by atoms with E-state index in [2.05, 4.69) is 25.9 Å². The molecule has 0 fully saturated rings. The number of amides is 2. The predicted molar refractivity (Wildman–Crippen MR) is 136 cm³/mol. The Labute approximate surface area is 207 Å². The van der Waals surface area contributed by atoms with Gasteiger partial charge in [0.2, 0.25) is 5.91 Å². The zero-order valence-corrected chi connectivity index (χ0v) is 19.9. The number of carbonyl (C=O) groups is 2. The second kappa shape index (κ2) is 11.8. The van der Waals surface area contributed by atoms with E-state index >= 15 is 0 Å². The Hall–Kier alpha value is -4.24. The van der Waals surface area contributed by atoms with Crippen LogP contribution in [0.2, 0.25) is 0 Å². The molecule has 0 spiro atoms. The van der Waals surface area contributed by atoms with Gasteiger partial charge in [-0.15, -0.1) is 11.3 Å². The summed E-state index contributed by atoms with van der Waals surface area (Å²) in [5, 5.41) is 11.1. The molecule has 0 aliphatic heterocycles. The van der Waals surface area contributed by atoms with Gasteiger partial charge in [-0.2, -0.15) is 0 Å². The van der Waals surface area contributed by atoms with Crippen molar-refractivity contribution in [3.63, 3.8) is 0 Å². The molecule has 0 bridgehead atoms. The molecule has 35 heavy (non-hydrogen) atoms. The summed E-state index contributed by atoms with van der Waals surface area (Å²) in [5.74, 6) is -0.00309. The van der Waals surface area contributed by atoms with E-state index in [9.17, 15) is 9.59 Å². The molecule has 2 aromatic heterocycles. The van der Waals surface area contributed by atoms with Crippen LogP contribution in [-0.4, -0.2) is 34.9 Å². The number of aromatic nitrogens is 2. The number of hydrogen-bond acceptors (Lipinski definition) is 7. The molecule has 2 heterocycles. The average molecular weight is 488 g/mol. The third kappa shape index (κ3) is 6.87. The molecule has 0 radical (unpaired) electrons. The highest BCUT2D eigenvalue weighted by Crippen LogP contribution is 2.24. The van der Waals surface area contributed by atoms with Crippen molar-refractivity contribution in [1.82, 2.24) is 20.6 Å². The average Bonchev–Trinajstić information content (AvgIpc) is 3.37. The molecule has 1 atom stereocenters. The summed E-state index contributed by atoms with van der Waals surface area (Å²) in [6.07, 6.45) is 2.02. The minimum atomic E-state index is -0.773. The molecule has 1 unspecified atom stereocenters. The van der Waals surface area contributed by atoms with Gasteiger partial charge in [0.1, 0.15) is 17.5 Å². The van der Waals surface area contributed by atoms with E-state index in [1.807, 2.05) is 72.8 Å². The first-order valence-corrected chi connectivity index (χ1v) is 11.9. The van der Waals surface area contributed by atoms with E-state index in [1.54, 1.807) is 18.7 Å². The summed E-state index contributed by atoms with van der Waals surface area (Å²) in [4.78, 5) is 34.6. The van der Waals surface area contributed by atoms with Gasteiger partial charge in [0.15, 0.2) is 5.13 Å². The van der Waals surface area contributed by atoms with Crippen LogP contribution in [0.5, 0.6) is 5.75 Å². The van der Waals surface area contributed by atoms with Crippen molar-refractivity contribution in [2.24, 2.45) is 0 Å². The Balaban J connectivity index is 1.43. The fraction of sp³-hybridized carbons (Fsp3) is 0.154. The Morgan fingerprint density at radius 1 is 1.03 bits per heavy atom. The Morgan fingerprint density at radius 3 is 2.63 bits per heavy atom. The monoisotopic (exact) mass is 487 g/mol. The van der Waals surface area contributed by atoms with Crippen LogP contribution in [0.3, 0.4) is 0 Å². The van der Waals surface area contributed by atoms with Crippen LogP contribution in [0.4, 0.5) is 10.8 Å². The second-order valence-electron chi connectivity index (χ2n) is 7.65. The third-order valence-corrected chi connectivity index (χ3v) is 5.89. The van der Waals surface area contributed by atoms with Gasteiger partial charge in [0, 0.05) is 29.8 Å². The van der Waals surface area contributed by atoms with Crippen LogP contribution >= 0.6 is 11.3 Å². The van der Waals surface area contributed by atoms with Gasteiger partial charge < -0.3 is 20.7 Å². The lowest BCUT2D eigenvalue weighted by atomic mass is 10.0. The summed E-state index contributed by atoms with van der Waals surface area (Å²) < 4.78 is 5.24. The lowest BCUT2D eigenvalue weighted by Crippen LogP contribution is -2.48. The predicted octanol–water partition coefficient (Wildman–Crippen LogP) is 3.95. The number of hydrogen-bond donors (Lipinski definition) is 3. The van der Waals surface area contributed by atoms with Gasteiger partial charge in [-0.25, -0.2) is 4.98 Å². The van der Waals surface area contributed by atoms with Gasteiger partial charge in [0.25, 0.3) is 5.91 Å². The largest absolute Gasteiger partial charge is 0.497 e. The number of thiazole rings is 1. The fourth-order valence-electron chi connectivity index (χ4n) is 3.35. The summed E-state index contributed by atoms with van der Waals surface area (Å²) in [6, 6.07) is 21.7. The lowest BCUT2D eigenvalue weighted by Gasteiger charge is -2.18. The SMILES string of the molecule is COc1cccc(Nc2nc(C(=O)NC(Cc3ccccc3)C(=O)NCc3ccccn3)cs2)c1. The zero-order chi connectivity index (χ0) is 24.5. The topological polar surface area (TPSA) is 105 Å². The van der Waals surface area contributed by atoms with Gasteiger partial charge in [0.05, 0.1) is 19.3 Å². The standard InChI is InChI=1S/C26H25N5O3S/c1-34-21-12-7-11-19(15-21)29-26-31-23(17-35-26)25(33)30-22(14-18-8-3-2-4-9-18)24(32)28-16-20-10-5-6-13-27-20/h2-13,15,17,22H,14,16H2,1H3,(H,28,32)(H,29,31)(H,30,33). The Bertz CT molecular complexity index is 1260. The number of nitrogens with zero attached hydrogens (tertiary/aromatic N) is 2. The van der Waals surface area contributed by atoms with E-state index in [0.29, 0.717) is 17.3 Å². The van der Waals surface area contributed by atoms with Crippen molar-refractivity contribution in [1.29, 1.82) is 0 Å². The molecule has 0 aliphatic rings. The minimum Gasteiger partial charge on any atom is -0.497 e. The molecule has 4 rings (SSSR count). The second-order valence-corrected chi connectivity index (χ2v) is 8.51. The van der Waals surface area contributed by atoms with Crippen molar-refractivity contribution in [2.45, 2.75) is 19.0 Å². The Kier molecular flexibility index (Phi) is 8.03. The molecule has 0 aliphatic carbocycles. The maximum atomic E-state index is 13.0.